The normalized spacial score (nSPS) is 16.7. The van der Waals surface area contributed by atoms with Crippen molar-refractivity contribution in [2.45, 2.75) is 12.5 Å². The number of hydrogen-bond donors (Lipinski definition) is 2. The first-order valence-corrected chi connectivity index (χ1v) is 6.88. The van der Waals surface area contributed by atoms with Gasteiger partial charge in [0.25, 0.3) is 0 Å². The average molecular weight is 297 g/mol. The number of benzene rings is 1. The number of carboxylic acids is 1. The number of aromatic hydroxyl groups is 1. The lowest BCUT2D eigenvalue weighted by atomic mass is 10.0. The molecule has 0 saturated carbocycles. The molecule has 1 aromatic carbocycles. The monoisotopic (exact) mass is 297 g/mol. The van der Waals surface area contributed by atoms with Crippen LogP contribution in [-0.2, 0) is 16.0 Å². The van der Waals surface area contributed by atoms with E-state index >= 15 is 0 Å². The number of carboxylic acid groups (broad SMARTS) is 1. The summed E-state index contributed by atoms with van der Waals surface area (Å²) in [4.78, 5) is 24.2. The smallest absolute Gasteiger partial charge is 0.327 e. The first kappa shape index (κ1) is 13.8. The minimum Gasteiger partial charge on any atom is -0.508 e. The molecular weight excluding hydrogens is 286 g/mol. The fourth-order valence-corrected chi connectivity index (χ4v) is 2.97. The van der Waals surface area contributed by atoms with Gasteiger partial charge in [-0.05, 0) is 17.7 Å². The number of hydrogen-bond acceptors (Lipinski definition) is 5. The first-order chi connectivity index (χ1) is 8.99. The molecule has 1 atom stereocenters. The fraction of sp³-hybridized carbons (Fsp3) is 0.250. The summed E-state index contributed by atoms with van der Waals surface area (Å²) in [6, 6.07) is 5.21. The molecule has 1 aliphatic heterocycles. The molecule has 0 aromatic heterocycles. The zero-order valence-corrected chi connectivity index (χ0v) is 11.4. The molecule has 1 fully saturated rings. The van der Waals surface area contributed by atoms with Gasteiger partial charge in [-0.25, -0.2) is 4.79 Å². The van der Waals surface area contributed by atoms with E-state index in [1.165, 1.54) is 23.9 Å². The van der Waals surface area contributed by atoms with E-state index in [2.05, 4.69) is 0 Å². The highest BCUT2D eigenvalue weighted by atomic mass is 32.2. The number of amides is 1. The second-order valence-electron chi connectivity index (χ2n) is 4.04. The number of aliphatic carboxylic acids is 1. The summed E-state index contributed by atoms with van der Waals surface area (Å²) in [6.07, 6.45) is 0.155. The van der Waals surface area contributed by atoms with Gasteiger partial charge in [-0.1, -0.05) is 36.1 Å². The van der Waals surface area contributed by atoms with Crippen LogP contribution in [0.2, 0.25) is 0 Å². The van der Waals surface area contributed by atoms with Gasteiger partial charge in [0.05, 0.1) is 5.75 Å². The molecule has 2 rings (SSSR count). The summed E-state index contributed by atoms with van der Waals surface area (Å²) in [5.41, 5.74) is 0.720. The Balaban J connectivity index is 2.21. The highest BCUT2D eigenvalue weighted by Gasteiger charge is 2.37. The zero-order valence-electron chi connectivity index (χ0n) is 9.78. The molecule has 1 aliphatic rings. The molecule has 1 aromatic rings. The van der Waals surface area contributed by atoms with Crippen LogP contribution in [0.25, 0.3) is 0 Å². The molecule has 7 heteroatoms. The summed E-state index contributed by atoms with van der Waals surface area (Å²) < 4.78 is 0.302. The summed E-state index contributed by atoms with van der Waals surface area (Å²) in [7, 11) is 0. The first-order valence-electron chi connectivity index (χ1n) is 5.48. The Morgan fingerprint density at radius 3 is 2.53 bits per heavy atom. The van der Waals surface area contributed by atoms with Gasteiger partial charge in [-0.2, -0.15) is 0 Å². The molecule has 5 nitrogen and oxygen atoms in total. The van der Waals surface area contributed by atoms with Gasteiger partial charge < -0.3 is 10.2 Å². The molecule has 0 bridgehead atoms. The minimum absolute atomic E-state index is 0.110. The van der Waals surface area contributed by atoms with E-state index in [9.17, 15) is 19.8 Å². The zero-order chi connectivity index (χ0) is 14.0. The van der Waals surface area contributed by atoms with Crippen molar-refractivity contribution in [3.63, 3.8) is 0 Å². The summed E-state index contributed by atoms with van der Waals surface area (Å²) in [5, 5.41) is 18.5. The third-order valence-corrected chi connectivity index (χ3v) is 4.13. The number of phenols is 1. The SMILES string of the molecule is O=C(O)[C@@H](Cc1ccc(O)cc1)N1C(=O)CSC1=S. The third-order valence-electron chi connectivity index (χ3n) is 2.75. The third kappa shape index (κ3) is 3.05. The molecule has 1 heterocycles. The predicted molar refractivity (Wildman–Crippen MR) is 75.1 cm³/mol. The topological polar surface area (TPSA) is 77.8 Å². The number of carbonyl (C=O) groups is 2. The Bertz CT molecular complexity index is 513. The van der Waals surface area contributed by atoms with Gasteiger partial charge in [0.15, 0.2) is 0 Å². The molecule has 0 radical (unpaired) electrons. The predicted octanol–water partition coefficient (Wildman–Crippen LogP) is 1.25. The highest BCUT2D eigenvalue weighted by molar-refractivity contribution is 8.23. The van der Waals surface area contributed by atoms with Gasteiger partial charge in [0.2, 0.25) is 5.91 Å². The molecule has 19 heavy (non-hydrogen) atoms. The van der Waals surface area contributed by atoms with E-state index in [1.54, 1.807) is 12.1 Å². The Morgan fingerprint density at radius 2 is 2.05 bits per heavy atom. The van der Waals surface area contributed by atoms with E-state index in [-0.39, 0.29) is 23.8 Å². The van der Waals surface area contributed by atoms with Crippen molar-refractivity contribution in [1.82, 2.24) is 4.90 Å². The van der Waals surface area contributed by atoms with Crippen LogP contribution < -0.4 is 0 Å². The van der Waals surface area contributed by atoms with Crippen molar-refractivity contribution in [3.8, 4) is 5.75 Å². The van der Waals surface area contributed by atoms with Gasteiger partial charge >= 0.3 is 5.97 Å². The van der Waals surface area contributed by atoms with Crippen LogP contribution >= 0.6 is 24.0 Å². The lowest BCUT2D eigenvalue weighted by Gasteiger charge is -2.23. The molecule has 0 aliphatic carbocycles. The Kier molecular flexibility index (Phi) is 4.06. The second-order valence-corrected chi connectivity index (χ2v) is 5.65. The lowest BCUT2D eigenvalue weighted by Crippen LogP contribution is -2.45. The van der Waals surface area contributed by atoms with Crippen molar-refractivity contribution >= 4 is 40.2 Å². The van der Waals surface area contributed by atoms with E-state index in [4.69, 9.17) is 12.2 Å². The van der Waals surface area contributed by atoms with Crippen LogP contribution in [0.4, 0.5) is 0 Å². The van der Waals surface area contributed by atoms with Gasteiger partial charge in [0.1, 0.15) is 16.1 Å². The molecular formula is C12H11NO4S2. The van der Waals surface area contributed by atoms with E-state index in [1.807, 2.05) is 0 Å². The van der Waals surface area contributed by atoms with Crippen LogP contribution in [0.15, 0.2) is 24.3 Å². The summed E-state index contributed by atoms with van der Waals surface area (Å²) in [6.45, 7) is 0. The summed E-state index contributed by atoms with van der Waals surface area (Å²) in [5.74, 6) is -1.07. The molecule has 0 unspecified atom stereocenters. The molecule has 2 N–H and O–H groups in total. The standard InChI is InChI=1S/C12H11NO4S2/c14-8-3-1-7(2-4-8)5-9(11(16)17)13-10(15)6-19-12(13)18/h1-4,9,14H,5-6H2,(H,16,17)/t9-/m1/s1. The van der Waals surface area contributed by atoms with Crippen molar-refractivity contribution in [1.29, 1.82) is 0 Å². The van der Waals surface area contributed by atoms with Crippen LogP contribution in [0.1, 0.15) is 5.56 Å². The van der Waals surface area contributed by atoms with E-state index in [0.29, 0.717) is 4.32 Å². The number of carbonyl (C=O) groups excluding carboxylic acids is 1. The van der Waals surface area contributed by atoms with Gasteiger partial charge in [-0.15, -0.1) is 0 Å². The minimum atomic E-state index is -1.09. The van der Waals surface area contributed by atoms with Crippen LogP contribution in [0, 0.1) is 0 Å². The number of phenolic OH excluding ortho intramolecular Hbond substituents is 1. The molecule has 0 spiro atoms. The van der Waals surface area contributed by atoms with Crippen LogP contribution in [0.3, 0.4) is 0 Å². The lowest BCUT2D eigenvalue weighted by molar-refractivity contribution is -0.145. The van der Waals surface area contributed by atoms with Gasteiger partial charge in [-0.3, -0.25) is 9.69 Å². The quantitative estimate of drug-likeness (QED) is 0.814. The maximum atomic E-state index is 11.7. The van der Waals surface area contributed by atoms with Crippen molar-refractivity contribution < 1.29 is 19.8 Å². The van der Waals surface area contributed by atoms with Crippen molar-refractivity contribution in [3.05, 3.63) is 29.8 Å². The fourth-order valence-electron chi connectivity index (χ4n) is 1.81. The number of nitrogens with zero attached hydrogens (tertiary/aromatic N) is 1. The number of thiocarbonyl (C=S) groups is 1. The summed E-state index contributed by atoms with van der Waals surface area (Å²) >= 11 is 6.19. The van der Waals surface area contributed by atoms with Crippen molar-refractivity contribution in [2.75, 3.05) is 5.75 Å². The Labute approximate surface area is 119 Å². The maximum Gasteiger partial charge on any atom is 0.327 e. The molecule has 1 saturated heterocycles. The van der Waals surface area contributed by atoms with E-state index < -0.39 is 12.0 Å². The average Bonchev–Trinajstić information content (AvgIpc) is 2.68. The van der Waals surface area contributed by atoms with Crippen LogP contribution in [-0.4, -0.2) is 43.1 Å². The van der Waals surface area contributed by atoms with Crippen molar-refractivity contribution in [2.24, 2.45) is 0 Å². The molecule has 100 valence electrons. The number of thioether (sulfide) groups is 1. The van der Waals surface area contributed by atoms with Gasteiger partial charge in [0, 0.05) is 6.42 Å². The Hall–Kier alpha value is -1.60. The largest absolute Gasteiger partial charge is 0.508 e. The van der Waals surface area contributed by atoms with Crippen LogP contribution in [0.5, 0.6) is 5.75 Å². The molecule has 1 amide bonds. The van der Waals surface area contributed by atoms with E-state index in [0.717, 1.165) is 10.5 Å². The highest BCUT2D eigenvalue weighted by Crippen LogP contribution is 2.24. The Morgan fingerprint density at radius 1 is 1.42 bits per heavy atom. The number of rotatable bonds is 4. The maximum absolute atomic E-state index is 11.7. The second kappa shape index (κ2) is 5.58.